The maximum Gasteiger partial charge on any atom is 0.265 e. The first kappa shape index (κ1) is 23.1. The highest BCUT2D eigenvalue weighted by molar-refractivity contribution is 7.22. The largest absolute Gasteiger partial charge is 0.456 e. The lowest BCUT2D eigenvalue weighted by Crippen LogP contribution is -2.01. The van der Waals surface area contributed by atoms with Crippen LogP contribution in [0.3, 0.4) is 0 Å². The van der Waals surface area contributed by atoms with E-state index in [2.05, 4.69) is 40.2 Å². The number of hydrogen-bond donors (Lipinski definition) is 0. The Morgan fingerprint density at radius 1 is 1.00 bits per heavy atom. The molecule has 0 aliphatic heterocycles. The van der Waals surface area contributed by atoms with Gasteiger partial charge in [-0.15, -0.1) is 11.3 Å². The average molecular weight is 476 g/mol. The van der Waals surface area contributed by atoms with Crippen LogP contribution in [0.15, 0.2) is 68.8 Å². The van der Waals surface area contributed by atoms with Crippen LogP contribution in [0.25, 0.3) is 54.2 Å². The first-order valence-corrected chi connectivity index (χ1v) is 11.3. The molecule has 0 unspecified atom stereocenters. The second kappa shape index (κ2) is 9.86. The van der Waals surface area contributed by atoms with E-state index in [1.54, 1.807) is 29.6 Å². The van der Waals surface area contributed by atoms with Gasteiger partial charge in [0.2, 0.25) is 0 Å². The minimum atomic E-state index is -0.0312. The highest BCUT2D eigenvalue weighted by atomic mass is 32.1. The van der Waals surface area contributed by atoms with Crippen LogP contribution >= 0.6 is 11.3 Å². The summed E-state index contributed by atoms with van der Waals surface area (Å²) in [6, 6.07) is 15.3. The summed E-state index contributed by atoms with van der Waals surface area (Å²) in [4.78, 5) is 7.27. The highest BCUT2D eigenvalue weighted by Gasteiger charge is 2.19. The lowest BCUT2D eigenvalue weighted by molar-refractivity contribution is 0.553. The van der Waals surface area contributed by atoms with Gasteiger partial charge in [0.1, 0.15) is 17.3 Å². The van der Waals surface area contributed by atoms with E-state index in [0.717, 1.165) is 26.5 Å². The monoisotopic (exact) mass is 475 g/mol. The van der Waals surface area contributed by atoms with Gasteiger partial charge in [-0.05, 0) is 68.5 Å². The number of rotatable bonds is 6. The topological polar surface area (TPSA) is 87.5 Å². The van der Waals surface area contributed by atoms with E-state index < -0.39 is 0 Å². The smallest absolute Gasteiger partial charge is 0.265 e. The second-order valence-electron chi connectivity index (χ2n) is 7.65. The summed E-state index contributed by atoms with van der Waals surface area (Å²) in [5, 5.41) is 17.8. The molecule has 0 fully saturated rings. The van der Waals surface area contributed by atoms with Crippen LogP contribution in [0.2, 0.25) is 0 Å². The zero-order valence-electron chi connectivity index (χ0n) is 18.8. The Morgan fingerprint density at radius 3 is 2.37 bits per heavy atom. The summed E-state index contributed by atoms with van der Waals surface area (Å²) < 4.78 is 15.1. The molecule has 4 heterocycles. The van der Waals surface area contributed by atoms with E-state index >= 15 is 0 Å². The maximum absolute atomic E-state index is 8.99. The fraction of sp³-hybridized carbons (Fsp3) is 0.111. The molecular formula is C27H17N5O2S. The molecule has 0 aliphatic carbocycles. The number of fused-ring (bicyclic) bond motifs is 1. The Kier molecular flexibility index (Phi) is 6.52. The van der Waals surface area contributed by atoms with Gasteiger partial charge in [-0.2, -0.15) is 0 Å². The Bertz CT molecular complexity index is 1640. The molecule has 0 spiro atoms. The summed E-state index contributed by atoms with van der Waals surface area (Å²) in [5.41, 5.74) is 1.94. The summed E-state index contributed by atoms with van der Waals surface area (Å²) in [7, 11) is 0. The molecule has 4 aromatic rings. The van der Waals surface area contributed by atoms with Crippen molar-refractivity contribution in [2.24, 2.45) is 0 Å². The lowest BCUT2D eigenvalue weighted by Gasteiger charge is -2.12. The van der Waals surface area contributed by atoms with Gasteiger partial charge in [-0.25, -0.2) is 20.2 Å². The van der Waals surface area contributed by atoms with Crippen molar-refractivity contribution < 1.29 is 8.83 Å². The zero-order chi connectivity index (χ0) is 24.9. The molecule has 0 amide bonds. The molecule has 7 nitrogen and oxygen atoms in total. The predicted molar refractivity (Wildman–Crippen MR) is 135 cm³/mol. The minimum Gasteiger partial charge on any atom is -0.456 e. The number of furan rings is 2. The Balaban J connectivity index is 1.67. The van der Waals surface area contributed by atoms with Crippen molar-refractivity contribution in [1.29, 1.82) is 10.5 Å². The van der Waals surface area contributed by atoms with Crippen LogP contribution in [-0.2, 0) is 0 Å². The molecule has 168 valence electrons. The SMILES string of the molecule is [C-]#[N+]/C(C#N)=C\c1ccc(-c2cc3sc(-c4ccc(/C=C/C=C(\C#N)[N+]#[C-])o4)cc3n2C(C)C)o1. The summed E-state index contributed by atoms with van der Waals surface area (Å²) in [6.45, 7) is 18.1. The lowest BCUT2D eigenvalue weighted by atomic mass is 10.3. The van der Waals surface area contributed by atoms with Crippen LogP contribution in [0, 0.1) is 35.8 Å². The molecule has 0 N–H and O–H groups in total. The van der Waals surface area contributed by atoms with Gasteiger partial charge in [-0.3, -0.25) is 0 Å². The van der Waals surface area contributed by atoms with Crippen LogP contribution in [0.1, 0.15) is 31.4 Å². The van der Waals surface area contributed by atoms with Crippen molar-refractivity contribution in [1.82, 2.24) is 4.57 Å². The molecule has 0 aliphatic rings. The molecule has 0 saturated heterocycles. The van der Waals surface area contributed by atoms with Crippen molar-refractivity contribution in [3.05, 3.63) is 94.3 Å². The van der Waals surface area contributed by atoms with Gasteiger partial charge in [0, 0.05) is 6.04 Å². The van der Waals surface area contributed by atoms with E-state index in [1.165, 1.54) is 12.2 Å². The normalized spacial score (nSPS) is 12.1. The summed E-state index contributed by atoms with van der Waals surface area (Å²) >= 11 is 1.60. The number of nitrogens with zero attached hydrogens (tertiary/aromatic N) is 5. The molecule has 0 atom stereocenters. The molecule has 35 heavy (non-hydrogen) atoms. The Morgan fingerprint density at radius 2 is 1.69 bits per heavy atom. The maximum atomic E-state index is 8.99. The van der Waals surface area contributed by atoms with Crippen LogP contribution in [0.5, 0.6) is 0 Å². The van der Waals surface area contributed by atoms with Crippen LogP contribution < -0.4 is 0 Å². The molecule has 0 radical (unpaired) electrons. The van der Waals surface area contributed by atoms with Gasteiger partial charge >= 0.3 is 0 Å². The second-order valence-corrected chi connectivity index (χ2v) is 8.73. The molecule has 8 heteroatoms. The standard InChI is InChI=1S/C27H17N5O2S/c1-17(2)32-22(24-10-9-21(34-24)12-19(16-29)31-4)13-26-23(32)14-27(35-26)25-11-8-20(33-25)7-5-6-18(15-28)30-3/h5-14,17H,1-2H3/b7-5+,18-6+,19-12-. The molecule has 0 saturated carbocycles. The molecule has 0 aromatic carbocycles. The third kappa shape index (κ3) is 4.70. The number of aromatic nitrogens is 1. The number of allylic oxidation sites excluding steroid dienone is 4. The van der Waals surface area contributed by atoms with Gasteiger partial charge < -0.3 is 13.4 Å². The van der Waals surface area contributed by atoms with Crippen molar-refractivity contribution in [2.45, 2.75) is 19.9 Å². The van der Waals surface area contributed by atoms with Gasteiger partial charge in [-0.1, -0.05) is 6.08 Å². The van der Waals surface area contributed by atoms with E-state index in [9.17, 15) is 0 Å². The number of thiophene rings is 1. The first-order chi connectivity index (χ1) is 17.0. The van der Waals surface area contributed by atoms with Gasteiger partial charge in [0.05, 0.1) is 46.1 Å². The van der Waals surface area contributed by atoms with Crippen molar-refractivity contribution in [2.75, 3.05) is 0 Å². The third-order valence-electron chi connectivity index (χ3n) is 5.06. The molecule has 0 bridgehead atoms. The molecular weight excluding hydrogens is 458 g/mol. The van der Waals surface area contributed by atoms with Crippen LogP contribution in [0.4, 0.5) is 0 Å². The quantitative estimate of drug-likeness (QED) is 0.161. The molecule has 4 aromatic heterocycles. The fourth-order valence-corrected chi connectivity index (χ4v) is 4.63. The first-order valence-electron chi connectivity index (χ1n) is 10.5. The third-order valence-corrected chi connectivity index (χ3v) is 6.14. The van der Waals surface area contributed by atoms with Crippen molar-refractivity contribution >= 4 is 33.7 Å². The van der Waals surface area contributed by atoms with E-state index in [1.807, 2.05) is 30.3 Å². The fourth-order valence-electron chi connectivity index (χ4n) is 3.58. The van der Waals surface area contributed by atoms with E-state index in [4.69, 9.17) is 32.5 Å². The highest BCUT2D eigenvalue weighted by Crippen LogP contribution is 2.40. The number of nitriles is 2. The van der Waals surface area contributed by atoms with Crippen molar-refractivity contribution in [3.8, 4) is 34.2 Å². The van der Waals surface area contributed by atoms with Gasteiger partial charge in [0.25, 0.3) is 11.4 Å². The number of hydrogen-bond acceptors (Lipinski definition) is 5. The Hall–Kier alpha value is -5.02. The minimum absolute atomic E-state index is 0.00988. The van der Waals surface area contributed by atoms with Crippen molar-refractivity contribution in [3.63, 3.8) is 0 Å². The van der Waals surface area contributed by atoms with E-state index in [0.29, 0.717) is 17.3 Å². The Labute approximate surface area is 206 Å². The predicted octanol–water partition coefficient (Wildman–Crippen LogP) is 7.93. The molecule has 4 rings (SSSR count). The zero-order valence-corrected chi connectivity index (χ0v) is 19.6. The summed E-state index contributed by atoms with van der Waals surface area (Å²) in [6.07, 6.45) is 6.20. The van der Waals surface area contributed by atoms with Gasteiger partial charge in [0.15, 0.2) is 5.76 Å². The average Bonchev–Trinajstić information content (AvgIpc) is 3.63. The van der Waals surface area contributed by atoms with Crippen LogP contribution in [-0.4, -0.2) is 4.57 Å². The summed E-state index contributed by atoms with van der Waals surface area (Å²) in [5.74, 6) is 2.46. The van der Waals surface area contributed by atoms with E-state index in [-0.39, 0.29) is 17.4 Å².